The average molecular weight is 731 g/mol. The minimum Gasteiger partial charge on any atom is -0.308 e. The summed E-state index contributed by atoms with van der Waals surface area (Å²) in [5.74, 6) is 0. The summed E-state index contributed by atoms with van der Waals surface area (Å²) in [5, 5.41) is 21.1. The van der Waals surface area contributed by atoms with Crippen molar-refractivity contribution in [2.24, 2.45) is 0 Å². The first kappa shape index (κ1) is 27.7. The molecule has 58 heavy (non-hydrogen) atoms. The lowest BCUT2D eigenvalue weighted by atomic mass is 10.0. The number of hydrogen-bond donors (Lipinski definition) is 0. The highest BCUT2D eigenvalue weighted by Gasteiger charge is 2.27. The van der Waals surface area contributed by atoms with Crippen molar-refractivity contribution in [1.29, 1.82) is 0 Å². The average Bonchev–Trinajstić information content (AvgIpc) is 4.15. The second kappa shape index (κ2) is 8.76. The van der Waals surface area contributed by atoms with E-state index in [9.17, 15) is 0 Å². The van der Waals surface area contributed by atoms with Crippen LogP contribution in [0.2, 0.25) is 0 Å². The van der Waals surface area contributed by atoms with Crippen LogP contribution in [0.1, 0.15) is 0 Å². The van der Waals surface area contributed by atoms with E-state index in [1.54, 1.807) is 0 Å². The van der Waals surface area contributed by atoms with Gasteiger partial charge in [0.1, 0.15) is 0 Å². The van der Waals surface area contributed by atoms with E-state index >= 15 is 0 Å². The van der Waals surface area contributed by atoms with E-state index in [-0.39, 0.29) is 0 Å². The number of benzene rings is 9. The Balaban J connectivity index is 1.05. The molecule has 0 unspecified atom stereocenters. The minimum atomic E-state index is 1.26. The summed E-state index contributed by atoms with van der Waals surface area (Å²) in [4.78, 5) is 0. The molecule has 0 bridgehead atoms. The van der Waals surface area contributed by atoms with E-state index in [1.165, 1.54) is 152 Å². The zero-order chi connectivity index (χ0) is 36.9. The predicted octanol–water partition coefficient (Wildman–Crippen LogP) is 14.3. The van der Waals surface area contributed by atoms with Crippen LogP contribution in [-0.2, 0) is 0 Å². The van der Waals surface area contributed by atoms with Crippen LogP contribution in [0, 0.1) is 0 Å². The van der Waals surface area contributed by atoms with Crippen molar-refractivity contribution in [3.63, 3.8) is 0 Å². The number of hydrogen-bond acceptors (Lipinski definition) is 0. The summed E-state index contributed by atoms with van der Waals surface area (Å²) in [6, 6.07) is 59.9. The molecule has 0 amide bonds. The maximum atomic E-state index is 2.57. The van der Waals surface area contributed by atoms with E-state index in [4.69, 9.17) is 0 Å². The smallest absolute Gasteiger partial charge is 0.0641 e. The fourth-order valence-electron chi connectivity index (χ4n) is 12.4. The van der Waals surface area contributed by atoms with E-state index in [1.807, 2.05) is 0 Å². The highest BCUT2D eigenvalue weighted by molar-refractivity contribution is 6.37. The summed E-state index contributed by atoms with van der Waals surface area (Å²) in [7, 11) is 0. The van der Waals surface area contributed by atoms with Crippen LogP contribution in [0.4, 0.5) is 0 Å². The molecule has 0 atom stereocenters. The van der Waals surface area contributed by atoms with Gasteiger partial charge in [0, 0.05) is 86.2 Å². The lowest BCUT2D eigenvalue weighted by Gasteiger charge is -2.04. The minimum absolute atomic E-state index is 1.26. The van der Waals surface area contributed by atoms with Gasteiger partial charge in [0.05, 0.1) is 66.2 Å². The first-order chi connectivity index (χ1) is 28.8. The number of para-hydroxylation sites is 6. The molecule has 0 N–H and O–H groups in total. The second-order valence-corrected chi connectivity index (χ2v) is 16.8. The molecule has 4 nitrogen and oxygen atoms in total. The number of fused-ring (bicyclic) bond motifs is 26. The third-order valence-electron chi connectivity index (χ3n) is 14.4. The zero-order valence-electron chi connectivity index (χ0n) is 30.8. The van der Waals surface area contributed by atoms with Gasteiger partial charge in [-0.25, -0.2) is 0 Å². The van der Waals surface area contributed by atoms with Crippen molar-refractivity contribution in [2.75, 3.05) is 0 Å². The first-order valence-corrected chi connectivity index (χ1v) is 20.3. The molecular formula is C54H26N4. The third-order valence-corrected chi connectivity index (χ3v) is 14.4. The Morgan fingerprint density at radius 1 is 0.190 bits per heavy atom. The van der Waals surface area contributed by atoms with E-state index in [0.29, 0.717) is 0 Å². The van der Waals surface area contributed by atoms with Gasteiger partial charge in [-0.2, -0.15) is 0 Å². The fraction of sp³-hybridized carbons (Fsp3) is 0. The van der Waals surface area contributed by atoms with E-state index in [0.717, 1.165) is 0 Å². The maximum absolute atomic E-state index is 2.57. The Morgan fingerprint density at radius 2 is 0.517 bits per heavy atom. The van der Waals surface area contributed by atoms with Gasteiger partial charge in [0.15, 0.2) is 0 Å². The van der Waals surface area contributed by atoms with Gasteiger partial charge < -0.3 is 17.6 Å². The Labute approximate surface area is 326 Å². The molecule has 0 aliphatic rings. The second-order valence-electron chi connectivity index (χ2n) is 16.8. The Bertz CT molecular complexity index is 4420. The van der Waals surface area contributed by atoms with E-state index < -0.39 is 0 Å². The van der Waals surface area contributed by atoms with Crippen molar-refractivity contribution in [3.8, 4) is 0 Å². The molecule has 17 aromatic rings. The van der Waals surface area contributed by atoms with Gasteiger partial charge in [-0.1, -0.05) is 121 Å². The summed E-state index contributed by atoms with van der Waals surface area (Å²) in [5.41, 5.74) is 15.5. The molecule has 262 valence electrons. The van der Waals surface area contributed by atoms with Crippen LogP contribution in [0.25, 0.3) is 152 Å². The first-order valence-electron chi connectivity index (χ1n) is 20.3. The molecule has 0 spiro atoms. The molecule has 0 saturated heterocycles. The third kappa shape index (κ3) is 2.68. The van der Waals surface area contributed by atoms with Crippen molar-refractivity contribution in [2.45, 2.75) is 0 Å². The lowest BCUT2D eigenvalue weighted by Crippen LogP contribution is -1.85. The molecule has 4 heteroatoms. The maximum Gasteiger partial charge on any atom is 0.0641 e. The van der Waals surface area contributed by atoms with Crippen LogP contribution in [0.15, 0.2) is 158 Å². The quantitative estimate of drug-likeness (QED) is 0.148. The number of nitrogens with zero attached hydrogens (tertiary/aromatic N) is 4. The topological polar surface area (TPSA) is 17.6 Å². The van der Waals surface area contributed by atoms with Gasteiger partial charge in [-0.3, -0.25) is 0 Å². The summed E-state index contributed by atoms with van der Waals surface area (Å²) >= 11 is 0. The van der Waals surface area contributed by atoms with Crippen molar-refractivity contribution >= 4 is 152 Å². The normalized spacial score (nSPS) is 13.5. The van der Waals surface area contributed by atoms with Crippen LogP contribution in [0.3, 0.4) is 0 Å². The molecule has 17 rings (SSSR count). The molecule has 0 saturated carbocycles. The Morgan fingerprint density at radius 3 is 0.966 bits per heavy atom. The zero-order valence-corrected chi connectivity index (χ0v) is 30.8. The molecule has 9 aromatic carbocycles. The highest BCUT2D eigenvalue weighted by Crippen LogP contribution is 2.50. The van der Waals surface area contributed by atoms with Gasteiger partial charge in [0.25, 0.3) is 0 Å². The van der Waals surface area contributed by atoms with Gasteiger partial charge >= 0.3 is 0 Å². The van der Waals surface area contributed by atoms with Gasteiger partial charge in [0.2, 0.25) is 0 Å². The standard InChI is InChI=1S/C54H26N4/c1-3-19-41-27(9-1)29-11-5-13-31-35-21-23-43-47(53(35)57(41)49(29)31)37-17-7-15-33-39-26-46-40(25-45(39)55(43)51(33)37)34-16-8-18-38-48-44(56(46)52(34)38)24-22-36-32-14-6-12-30-28-10-2-4-20-42(28)58(50(30)32)54(36)48/h1-26H. The molecule has 0 radical (unpaired) electrons. The van der Waals surface area contributed by atoms with Gasteiger partial charge in [-0.15, -0.1) is 0 Å². The van der Waals surface area contributed by atoms with E-state index in [2.05, 4.69) is 175 Å². The van der Waals surface area contributed by atoms with Crippen molar-refractivity contribution in [1.82, 2.24) is 17.6 Å². The molecule has 0 fully saturated rings. The molecular weight excluding hydrogens is 705 g/mol. The Kier molecular flexibility index (Phi) is 4.18. The summed E-state index contributed by atoms with van der Waals surface area (Å²) < 4.78 is 10.2. The number of rotatable bonds is 0. The SMILES string of the molecule is c1ccc2c(c1)c1cccc3c4ccc5c(c6cccc7c8cc9c(cc8n5c76)c5cccc6c7c(ccc8c%10cccc%11c%12ccccc%12n(c%11%10)c87)n9c56)c4n2c13. The Hall–Kier alpha value is -7.82. The monoisotopic (exact) mass is 730 g/mol. The molecule has 8 aromatic heterocycles. The van der Waals surface area contributed by atoms with Crippen molar-refractivity contribution < 1.29 is 0 Å². The fourth-order valence-corrected chi connectivity index (χ4v) is 12.4. The van der Waals surface area contributed by atoms with Gasteiger partial charge in [-0.05, 0) is 36.4 Å². The molecule has 8 heterocycles. The largest absolute Gasteiger partial charge is 0.308 e. The molecule has 0 aliphatic heterocycles. The number of aromatic nitrogens is 4. The predicted molar refractivity (Wildman–Crippen MR) is 245 cm³/mol. The van der Waals surface area contributed by atoms with Crippen LogP contribution < -0.4 is 0 Å². The highest BCUT2D eigenvalue weighted by atomic mass is 15.0. The summed E-state index contributed by atoms with van der Waals surface area (Å²) in [6.07, 6.45) is 0. The van der Waals surface area contributed by atoms with Crippen LogP contribution in [-0.4, -0.2) is 17.6 Å². The lowest BCUT2D eigenvalue weighted by molar-refractivity contribution is 1.36. The van der Waals surface area contributed by atoms with Crippen LogP contribution >= 0.6 is 0 Å². The molecule has 0 aliphatic carbocycles. The van der Waals surface area contributed by atoms with Crippen LogP contribution in [0.5, 0.6) is 0 Å². The van der Waals surface area contributed by atoms with Crippen molar-refractivity contribution in [3.05, 3.63) is 158 Å². The summed E-state index contributed by atoms with van der Waals surface area (Å²) in [6.45, 7) is 0.